The quantitative estimate of drug-likeness (QED) is 0.846. The van der Waals surface area contributed by atoms with Crippen molar-refractivity contribution in [3.63, 3.8) is 0 Å². The number of nitrogens with zero attached hydrogens (tertiary/aromatic N) is 1. The summed E-state index contributed by atoms with van der Waals surface area (Å²) in [6, 6.07) is 6.01. The van der Waals surface area contributed by atoms with Gasteiger partial charge in [-0.05, 0) is 25.5 Å². The van der Waals surface area contributed by atoms with Crippen molar-refractivity contribution in [2.24, 2.45) is 5.73 Å². The molecule has 1 fully saturated rings. The first kappa shape index (κ1) is 16.1. The first-order chi connectivity index (χ1) is 8.41. The van der Waals surface area contributed by atoms with Crippen LogP contribution < -0.4 is 5.73 Å². The van der Waals surface area contributed by atoms with Gasteiger partial charge in [-0.1, -0.05) is 12.1 Å². The second-order valence-corrected chi connectivity index (χ2v) is 6.43. The molecule has 0 bridgehead atoms. The molecule has 0 aromatic heterocycles. The van der Waals surface area contributed by atoms with E-state index in [0.29, 0.717) is 25.1 Å². The summed E-state index contributed by atoms with van der Waals surface area (Å²) in [5, 5.41) is 0. The largest absolute Gasteiger partial charge is 0.326 e. The second-order valence-electron chi connectivity index (χ2n) is 4.50. The fourth-order valence-corrected chi connectivity index (χ4v) is 3.55. The lowest BCUT2D eigenvalue weighted by Gasteiger charge is -2.16. The third kappa shape index (κ3) is 3.33. The highest BCUT2D eigenvalue weighted by Gasteiger charge is 2.31. The summed E-state index contributed by atoms with van der Waals surface area (Å²) in [6.45, 7) is 2.19. The van der Waals surface area contributed by atoms with Gasteiger partial charge in [0.05, 0.1) is 4.90 Å². The van der Waals surface area contributed by atoms with E-state index in [1.807, 2.05) is 0 Å². The van der Waals surface area contributed by atoms with Crippen molar-refractivity contribution >= 4 is 28.2 Å². The van der Waals surface area contributed by atoms with E-state index in [1.54, 1.807) is 12.1 Å². The molecule has 0 spiro atoms. The number of ketones is 1. The summed E-state index contributed by atoms with van der Waals surface area (Å²) < 4.78 is 26.0. The van der Waals surface area contributed by atoms with Crippen LogP contribution in [0.3, 0.4) is 0 Å². The molecule has 1 atom stereocenters. The number of carbonyl (C=O) groups excluding carboxylic acids is 1. The van der Waals surface area contributed by atoms with Crippen LogP contribution in [-0.4, -0.2) is 37.6 Å². The average Bonchev–Trinajstić information content (AvgIpc) is 2.77. The minimum absolute atomic E-state index is 0. The lowest BCUT2D eigenvalue weighted by molar-refractivity contribution is 0.101. The zero-order chi connectivity index (χ0) is 13.3. The Morgan fingerprint density at radius 3 is 2.63 bits per heavy atom. The molecule has 0 amide bonds. The van der Waals surface area contributed by atoms with E-state index in [2.05, 4.69) is 0 Å². The molecule has 7 heteroatoms. The number of hydrogen-bond acceptors (Lipinski definition) is 4. The molecule has 2 N–H and O–H groups in total. The van der Waals surface area contributed by atoms with Crippen LogP contribution in [0.15, 0.2) is 29.2 Å². The van der Waals surface area contributed by atoms with Crippen LogP contribution in [-0.2, 0) is 10.0 Å². The lowest BCUT2D eigenvalue weighted by Crippen LogP contribution is -2.32. The molecular formula is C12H17ClN2O3S. The third-order valence-electron chi connectivity index (χ3n) is 3.07. The van der Waals surface area contributed by atoms with Gasteiger partial charge in [0.1, 0.15) is 0 Å². The van der Waals surface area contributed by atoms with Crippen LogP contribution in [0.4, 0.5) is 0 Å². The molecule has 1 aliphatic heterocycles. The molecule has 0 aliphatic carbocycles. The van der Waals surface area contributed by atoms with Gasteiger partial charge < -0.3 is 5.73 Å². The Balaban J connectivity index is 0.00000180. The summed E-state index contributed by atoms with van der Waals surface area (Å²) in [5.74, 6) is -0.148. The van der Waals surface area contributed by atoms with Gasteiger partial charge in [0.15, 0.2) is 5.78 Å². The van der Waals surface area contributed by atoms with E-state index in [0.717, 1.165) is 0 Å². The van der Waals surface area contributed by atoms with Crippen molar-refractivity contribution in [3.8, 4) is 0 Å². The van der Waals surface area contributed by atoms with Crippen molar-refractivity contribution in [1.82, 2.24) is 4.31 Å². The van der Waals surface area contributed by atoms with Gasteiger partial charge in [0, 0.05) is 24.7 Å². The lowest BCUT2D eigenvalue weighted by atomic mass is 10.2. The molecule has 19 heavy (non-hydrogen) atoms. The fourth-order valence-electron chi connectivity index (χ4n) is 2.00. The van der Waals surface area contributed by atoms with E-state index in [9.17, 15) is 13.2 Å². The van der Waals surface area contributed by atoms with E-state index in [4.69, 9.17) is 5.73 Å². The predicted octanol–water partition coefficient (Wildman–Crippen LogP) is 1.03. The van der Waals surface area contributed by atoms with Crippen LogP contribution in [0.1, 0.15) is 23.7 Å². The van der Waals surface area contributed by atoms with Crippen LogP contribution >= 0.6 is 12.4 Å². The number of carbonyl (C=O) groups is 1. The van der Waals surface area contributed by atoms with Crippen LogP contribution in [0.25, 0.3) is 0 Å². The maximum Gasteiger partial charge on any atom is 0.243 e. The molecule has 0 saturated carbocycles. The Morgan fingerprint density at radius 1 is 1.42 bits per heavy atom. The molecule has 1 aromatic carbocycles. The van der Waals surface area contributed by atoms with Crippen molar-refractivity contribution in [2.45, 2.75) is 24.3 Å². The zero-order valence-electron chi connectivity index (χ0n) is 10.6. The summed E-state index contributed by atoms with van der Waals surface area (Å²) in [4.78, 5) is 11.4. The highest BCUT2D eigenvalue weighted by atomic mass is 35.5. The maximum absolute atomic E-state index is 12.3. The third-order valence-corrected chi connectivity index (χ3v) is 4.93. The van der Waals surface area contributed by atoms with Gasteiger partial charge in [0.2, 0.25) is 10.0 Å². The minimum atomic E-state index is -3.53. The number of sulfonamides is 1. The molecule has 1 heterocycles. The molecule has 1 saturated heterocycles. The Labute approximate surface area is 119 Å². The van der Waals surface area contributed by atoms with E-state index in [1.165, 1.54) is 23.4 Å². The van der Waals surface area contributed by atoms with Gasteiger partial charge in [-0.25, -0.2) is 8.42 Å². The average molecular weight is 305 g/mol. The van der Waals surface area contributed by atoms with Crippen molar-refractivity contribution in [2.75, 3.05) is 13.1 Å². The number of halogens is 1. The number of Topliss-reactive ketones (excluding diaryl/α,β-unsaturated/α-hetero) is 1. The Morgan fingerprint density at radius 2 is 2.11 bits per heavy atom. The highest BCUT2D eigenvalue weighted by molar-refractivity contribution is 7.89. The first-order valence-electron chi connectivity index (χ1n) is 5.78. The summed E-state index contributed by atoms with van der Waals surface area (Å²) >= 11 is 0. The molecule has 0 radical (unpaired) electrons. The molecule has 0 unspecified atom stereocenters. The SMILES string of the molecule is CC(=O)c1cccc(S(=O)(=O)N2CC[C@@H](N)C2)c1.Cl. The number of hydrogen-bond donors (Lipinski definition) is 1. The number of nitrogens with two attached hydrogens (primary N) is 1. The van der Waals surface area contributed by atoms with Crippen molar-refractivity contribution in [3.05, 3.63) is 29.8 Å². The molecule has 5 nitrogen and oxygen atoms in total. The van der Waals surface area contributed by atoms with E-state index >= 15 is 0 Å². The normalized spacial score (nSPS) is 20.0. The molecule has 106 valence electrons. The summed E-state index contributed by atoms with van der Waals surface area (Å²) in [7, 11) is -3.53. The zero-order valence-corrected chi connectivity index (χ0v) is 12.2. The first-order valence-corrected chi connectivity index (χ1v) is 7.22. The van der Waals surface area contributed by atoms with Gasteiger partial charge in [0.25, 0.3) is 0 Å². The molecule has 1 aliphatic rings. The summed E-state index contributed by atoms with van der Waals surface area (Å²) in [5.41, 5.74) is 6.12. The summed E-state index contributed by atoms with van der Waals surface area (Å²) in [6.07, 6.45) is 0.672. The topological polar surface area (TPSA) is 80.5 Å². The van der Waals surface area contributed by atoms with Gasteiger partial charge >= 0.3 is 0 Å². The molecular weight excluding hydrogens is 288 g/mol. The van der Waals surface area contributed by atoms with Crippen molar-refractivity contribution in [1.29, 1.82) is 0 Å². The monoisotopic (exact) mass is 304 g/mol. The van der Waals surface area contributed by atoms with Crippen LogP contribution in [0, 0.1) is 0 Å². The van der Waals surface area contributed by atoms with Gasteiger partial charge in [-0.2, -0.15) is 4.31 Å². The standard InChI is InChI=1S/C12H16N2O3S.ClH/c1-9(15)10-3-2-4-12(7-10)18(16,17)14-6-5-11(13)8-14;/h2-4,7,11H,5-6,8,13H2,1H3;1H/t11-;/m1./s1. The number of rotatable bonds is 3. The Kier molecular flexibility index (Phi) is 5.09. The number of benzene rings is 1. The fraction of sp³-hybridized carbons (Fsp3) is 0.417. The second kappa shape index (κ2) is 6.00. The minimum Gasteiger partial charge on any atom is -0.326 e. The maximum atomic E-state index is 12.3. The van der Waals surface area contributed by atoms with Crippen LogP contribution in [0.2, 0.25) is 0 Å². The smallest absolute Gasteiger partial charge is 0.243 e. The Bertz CT molecular complexity index is 574. The molecule has 1 aromatic rings. The predicted molar refractivity (Wildman–Crippen MR) is 75.0 cm³/mol. The molecule has 2 rings (SSSR count). The van der Waals surface area contributed by atoms with Gasteiger partial charge in [-0.15, -0.1) is 12.4 Å². The van der Waals surface area contributed by atoms with Gasteiger partial charge in [-0.3, -0.25) is 4.79 Å². The Hall–Kier alpha value is -0.950. The van der Waals surface area contributed by atoms with Crippen LogP contribution in [0.5, 0.6) is 0 Å². The highest BCUT2D eigenvalue weighted by Crippen LogP contribution is 2.21. The van der Waals surface area contributed by atoms with Crippen molar-refractivity contribution < 1.29 is 13.2 Å². The van der Waals surface area contributed by atoms with E-state index < -0.39 is 10.0 Å². The van der Waals surface area contributed by atoms with E-state index in [-0.39, 0.29) is 29.1 Å².